The van der Waals surface area contributed by atoms with Crippen molar-refractivity contribution >= 4 is 11.8 Å². The minimum Gasteiger partial charge on any atom is -0.444 e. The van der Waals surface area contributed by atoms with Crippen LogP contribution in [0.25, 0.3) is 0 Å². The summed E-state index contributed by atoms with van der Waals surface area (Å²) in [5.41, 5.74) is 3.64. The first-order valence-corrected chi connectivity index (χ1v) is 5.93. The number of carbonyl (C=O) groups is 1. The molecule has 4 nitrogen and oxygen atoms in total. The summed E-state index contributed by atoms with van der Waals surface area (Å²) in [7, 11) is 0. The summed E-state index contributed by atoms with van der Waals surface area (Å²) in [4.78, 5) is 11.5. The highest BCUT2D eigenvalue weighted by atomic mass is 19.4. The van der Waals surface area contributed by atoms with Crippen molar-refractivity contribution in [3.8, 4) is 0 Å². The molecule has 0 aliphatic rings. The fourth-order valence-corrected chi connectivity index (χ4v) is 1.52. The summed E-state index contributed by atoms with van der Waals surface area (Å²) in [6.07, 6.45) is -5.34. The molecule has 0 aromatic heterocycles. The van der Waals surface area contributed by atoms with Gasteiger partial charge in [-0.1, -0.05) is 6.07 Å². The Balaban J connectivity index is 2.96. The lowest BCUT2D eigenvalue weighted by Crippen LogP contribution is -2.27. The Morgan fingerprint density at radius 1 is 1.30 bits per heavy atom. The molecule has 112 valence electrons. The van der Waals surface area contributed by atoms with Gasteiger partial charge in [0.25, 0.3) is 0 Å². The van der Waals surface area contributed by atoms with Crippen LogP contribution in [-0.2, 0) is 17.5 Å². The number of ether oxygens (including phenoxy) is 1. The van der Waals surface area contributed by atoms with Crippen LogP contribution in [0.15, 0.2) is 18.2 Å². The van der Waals surface area contributed by atoms with Crippen LogP contribution in [0.4, 0.5) is 23.7 Å². The van der Waals surface area contributed by atoms with Crippen molar-refractivity contribution in [2.75, 3.05) is 5.32 Å². The Kier molecular flexibility index (Phi) is 4.65. The number of rotatable bonds is 2. The number of halogens is 3. The second-order valence-corrected chi connectivity index (χ2v) is 5.20. The molecule has 3 N–H and O–H groups in total. The lowest BCUT2D eigenvalue weighted by molar-refractivity contribution is -0.138. The van der Waals surface area contributed by atoms with E-state index in [1.165, 1.54) is 12.1 Å². The molecule has 0 saturated carbocycles. The van der Waals surface area contributed by atoms with Crippen LogP contribution < -0.4 is 11.1 Å². The molecule has 0 atom stereocenters. The summed E-state index contributed by atoms with van der Waals surface area (Å²) >= 11 is 0. The van der Waals surface area contributed by atoms with Crippen LogP contribution in [0.3, 0.4) is 0 Å². The van der Waals surface area contributed by atoms with Crippen molar-refractivity contribution in [1.29, 1.82) is 0 Å². The summed E-state index contributed by atoms with van der Waals surface area (Å²) in [6.45, 7) is 4.74. The molecule has 0 bridgehead atoms. The average molecular weight is 290 g/mol. The van der Waals surface area contributed by atoms with Gasteiger partial charge in [0.2, 0.25) is 0 Å². The Bertz CT molecular complexity index is 493. The smallest absolute Gasteiger partial charge is 0.416 e. The maximum atomic E-state index is 12.8. The number of anilines is 1. The lowest BCUT2D eigenvalue weighted by Gasteiger charge is -2.20. The second kappa shape index (κ2) is 5.70. The van der Waals surface area contributed by atoms with E-state index in [4.69, 9.17) is 10.5 Å². The maximum absolute atomic E-state index is 12.8. The van der Waals surface area contributed by atoms with E-state index in [0.29, 0.717) is 0 Å². The molecule has 1 aromatic rings. The monoisotopic (exact) mass is 290 g/mol. The van der Waals surface area contributed by atoms with Gasteiger partial charge in [0.1, 0.15) is 5.60 Å². The van der Waals surface area contributed by atoms with Crippen molar-refractivity contribution in [2.45, 2.75) is 39.1 Å². The minimum absolute atomic E-state index is 0.00350. The van der Waals surface area contributed by atoms with E-state index in [1.807, 2.05) is 0 Å². The molecule has 0 unspecified atom stereocenters. The van der Waals surface area contributed by atoms with Crippen molar-refractivity contribution in [3.05, 3.63) is 29.3 Å². The number of carbonyl (C=O) groups excluding carboxylic acids is 1. The molecule has 7 heteroatoms. The van der Waals surface area contributed by atoms with E-state index in [1.54, 1.807) is 20.8 Å². The van der Waals surface area contributed by atoms with Crippen LogP contribution in [0.5, 0.6) is 0 Å². The predicted octanol–water partition coefficient (Wildman–Crippen LogP) is 3.51. The zero-order valence-electron chi connectivity index (χ0n) is 11.5. The van der Waals surface area contributed by atoms with Crippen LogP contribution in [-0.4, -0.2) is 11.7 Å². The van der Waals surface area contributed by atoms with E-state index in [-0.39, 0.29) is 17.8 Å². The first kappa shape index (κ1) is 16.3. The topological polar surface area (TPSA) is 64.3 Å². The second-order valence-electron chi connectivity index (χ2n) is 5.20. The molecule has 0 spiro atoms. The van der Waals surface area contributed by atoms with E-state index in [0.717, 1.165) is 6.07 Å². The lowest BCUT2D eigenvalue weighted by atomic mass is 10.1. The molecule has 1 aromatic carbocycles. The highest BCUT2D eigenvalue weighted by Crippen LogP contribution is 2.33. The van der Waals surface area contributed by atoms with Gasteiger partial charge < -0.3 is 10.5 Å². The number of benzene rings is 1. The predicted molar refractivity (Wildman–Crippen MR) is 69.2 cm³/mol. The quantitative estimate of drug-likeness (QED) is 0.876. The molecule has 1 amide bonds. The summed E-state index contributed by atoms with van der Waals surface area (Å²) < 4.78 is 43.4. The fraction of sp³-hybridized carbons (Fsp3) is 0.462. The highest BCUT2D eigenvalue weighted by Gasteiger charge is 2.33. The first-order valence-electron chi connectivity index (χ1n) is 5.93. The Morgan fingerprint density at radius 2 is 1.90 bits per heavy atom. The molecule has 0 aliphatic carbocycles. The Morgan fingerprint density at radius 3 is 2.35 bits per heavy atom. The van der Waals surface area contributed by atoms with Gasteiger partial charge in [-0.05, 0) is 38.5 Å². The zero-order valence-corrected chi connectivity index (χ0v) is 11.5. The van der Waals surface area contributed by atoms with Crippen molar-refractivity contribution in [3.63, 3.8) is 0 Å². The Labute approximate surface area is 115 Å². The number of hydrogen-bond donors (Lipinski definition) is 2. The van der Waals surface area contributed by atoms with E-state index >= 15 is 0 Å². The largest absolute Gasteiger partial charge is 0.444 e. The molecule has 0 fully saturated rings. The molecule has 0 saturated heterocycles. The molecule has 0 radical (unpaired) electrons. The maximum Gasteiger partial charge on any atom is 0.416 e. The van der Waals surface area contributed by atoms with E-state index in [2.05, 4.69) is 5.32 Å². The van der Waals surface area contributed by atoms with Crippen molar-refractivity contribution in [2.24, 2.45) is 5.73 Å². The fourth-order valence-electron chi connectivity index (χ4n) is 1.52. The highest BCUT2D eigenvalue weighted by molar-refractivity contribution is 5.85. The minimum atomic E-state index is -4.53. The van der Waals surface area contributed by atoms with Gasteiger partial charge >= 0.3 is 12.3 Å². The number of nitrogens with two attached hydrogens (primary N) is 1. The SMILES string of the molecule is CC(C)(C)OC(=O)Nc1ccc(CN)c(C(F)(F)F)c1. The van der Waals surface area contributed by atoms with Crippen molar-refractivity contribution < 1.29 is 22.7 Å². The molecule has 20 heavy (non-hydrogen) atoms. The van der Waals surface area contributed by atoms with Crippen LogP contribution in [0.2, 0.25) is 0 Å². The third kappa shape index (κ3) is 4.73. The summed E-state index contributed by atoms with van der Waals surface area (Å²) in [5.74, 6) is 0. The third-order valence-electron chi connectivity index (χ3n) is 2.28. The van der Waals surface area contributed by atoms with Gasteiger partial charge in [-0.15, -0.1) is 0 Å². The normalized spacial score (nSPS) is 12.2. The van der Waals surface area contributed by atoms with E-state index in [9.17, 15) is 18.0 Å². The summed E-state index contributed by atoms with van der Waals surface area (Å²) in [6, 6.07) is 3.42. The number of hydrogen-bond acceptors (Lipinski definition) is 3. The Hall–Kier alpha value is -1.76. The molecule has 0 aliphatic heterocycles. The van der Waals surface area contributed by atoms with Gasteiger partial charge in [0.15, 0.2) is 0 Å². The number of alkyl halides is 3. The zero-order chi connectivity index (χ0) is 15.6. The van der Waals surface area contributed by atoms with Gasteiger partial charge in [-0.2, -0.15) is 13.2 Å². The van der Waals surface area contributed by atoms with Gasteiger partial charge in [0.05, 0.1) is 5.56 Å². The average Bonchev–Trinajstić information content (AvgIpc) is 2.25. The third-order valence-corrected chi connectivity index (χ3v) is 2.28. The van der Waals surface area contributed by atoms with Gasteiger partial charge in [0, 0.05) is 12.2 Å². The van der Waals surface area contributed by atoms with Gasteiger partial charge in [-0.3, -0.25) is 5.32 Å². The molecular formula is C13H17F3N2O2. The van der Waals surface area contributed by atoms with Crippen molar-refractivity contribution in [1.82, 2.24) is 0 Å². The summed E-state index contributed by atoms with van der Waals surface area (Å²) in [5, 5.41) is 2.26. The first-order chi connectivity index (χ1) is 9.03. The van der Waals surface area contributed by atoms with Crippen LogP contribution in [0, 0.1) is 0 Å². The van der Waals surface area contributed by atoms with Crippen LogP contribution in [0.1, 0.15) is 31.9 Å². The number of nitrogens with one attached hydrogen (secondary N) is 1. The molecule has 1 rings (SSSR count). The van der Waals surface area contributed by atoms with Gasteiger partial charge in [-0.25, -0.2) is 4.79 Å². The van der Waals surface area contributed by atoms with Crippen LogP contribution >= 0.6 is 0 Å². The standard InChI is InChI=1S/C13H17F3N2O2/c1-12(2,3)20-11(19)18-9-5-4-8(7-17)10(6-9)13(14,15)16/h4-6H,7,17H2,1-3H3,(H,18,19). The molecule has 0 heterocycles. The van der Waals surface area contributed by atoms with E-state index < -0.39 is 23.4 Å². The number of amides is 1. The molecular weight excluding hydrogens is 273 g/mol.